The van der Waals surface area contributed by atoms with Crippen molar-refractivity contribution in [3.05, 3.63) is 0 Å². The smallest absolute Gasteiger partial charge is 0.0613 e. The number of hydrogen-bond donors (Lipinski definition) is 1. The van der Waals surface area contributed by atoms with Crippen molar-refractivity contribution in [2.45, 2.75) is 13.0 Å². The molecule has 0 aliphatic heterocycles. The zero-order valence-corrected chi connectivity index (χ0v) is 6.42. The fourth-order valence-electron chi connectivity index (χ4n) is 0.333. The largest absolute Gasteiger partial charge is 0.383 e. The maximum absolute atomic E-state index is 4.83. The Hall–Kier alpha value is 0.210. The molecule has 0 radical (unpaired) electrons. The van der Waals surface area contributed by atoms with Crippen molar-refractivity contribution in [3.63, 3.8) is 0 Å². The molecule has 0 aliphatic rings. The van der Waals surface area contributed by atoms with E-state index in [2.05, 4.69) is 12.2 Å². The molecule has 1 unspecified atom stereocenters. The quantitative estimate of drug-likeness (QED) is 0.621. The third-order valence-corrected chi connectivity index (χ3v) is 0.909. The maximum atomic E-state index is 4.83. The summed E-state index contributed by atoms with van der Waals surface area (Å²) < 4.78 is 4.83. The average Bonchev–Trinajstić information content (AvgIpc) is 1.68. The van der Waals surface area contributed by atoms with Gasteiger partial charge >= 0.3 is 0 Å². The van der Waals surface area contributed by atoms with E-state index < -0.39 is 0 Å². The van der Waals surface area contributed by atoms with Gasteiger partial charge in [0.25, 0.3) is 0 Å². The van der Waals surface area contributed by atoms with Gasteiger partial charge in [-0.1, -0.05) is 0 Å². The summed E-state index contributed by atoms with van der Waals surface area (Å²) in [5.41, 5.74) is 0. The Balaban J connectivity index is 0. The SMILES string of the molecule is CNC(C)COC.Cl. The minimum Gasteiger partial charge on any atom is -0.383 e. The molecule has 0 heterocycles. The fourth-order valence-corrected chi connectivity index (χ4v) is 0.333. The normalized spacial score (nSPS) is 12.4. The third-order valence-electron chi connectivity index (χ3n) is 0.909. The second kappa shape index (κ2) is 7.21. The number of nitrogens with one attached hydrogen (secondary N) is 1. The maximum Gasteiger partial charge on any atom is 0.0613 e. The first-order valence-corrected chi connectivity index (χ1v) is 2.47. The van der Waals surface area contributed by atoms with Gasteiger partial charge in [0.2, 0.25) is 0 Å². The van der Waals surface area contributed by atoms with Gasteiger partial charge in [0.15, 0.2) is 0 Å². The predicted octanol–water partition coefficient (Wildman–Crippen LogP) is 0.662. The molecule has 0 spiro atoms. The first kappa shape index (κ1) is 11.1. The first-order valence-electron chi connectivity index (χ1n) is 2.47. The standard InChI is InChI=1S/C5H13NO.ClH/c1-5(6-2)4-7-3;/h5-6H,4H2,1-3H3;1H. The Kier molecular flexibility index (Phi) is 9.97. The van der Waals surface area contributed by atoms with Gasteiger partial charge in [-0.15, -0.1) is 12.4 Å². The summed E-state index contributed by atoms with van der Waals surface area (Å²) in [6.45, 7) is 2.86. The van der Waals surface area contributed by atoms with E-state index in [4.69, 9.17) is 4.74 Å². The predicted molar refractivity (Wildman–Crippen MR) is 37.6 cm³/mol. The summed E-state index contributed by atoms with van der Waals surface area (Å²) in [5.74, 6) is 0. The van der Waals surface area contributed by atoms with Gasteiger partial charge in [-0.2, -0.15) is 0 Å². The number of halogens is 1. The van der Waals surface area contributed by atoms with Crippen molar-refractivity contribution in [2.75, 3.05) is 20.8 Å². The minimum absolute atomic E-state index is 0. The zero-order valence-electron chi connectivity index (χ0n) is 5.60. The van der Waals surface area contributed by atoms with Crippen molar-refractivity contribution in [1.82, 2.24) is 5.32 Å². The highest BCUT2D eigenvalue weighted by molar-refractivity contribution is 5.85. The Bertz CT molecular complexity index is 43.4. The highest BCUT2D eigenvalue weighted by atomic mass is 35.5. The molecule has 0 aromatic rings. The number of likely N-dealkylation sites (N-methyl/N-ethyl adjacent to an activating group) is 1. The van der Waals surface area contributed by atoms with E-state index >= 15 is 0 Å². The molecule has 8 heavy (non-hydrogen) atoms. The molecule has 0 aromatic heterocycles. The van der Waals surface area contributed by atoms with E-state index in [1.54, 1.807) is 7.11 Å². The Morgan fingerprint density at radius 1 is 1.62 bits per heavy atom. The van der Waals surface area contributed by atoms with Crippen LogP contribution in [0.15, 0.2) is 0 Å². The molecule has 0 saturated heterocycles. The van der Waals surface area contributed by atoms with E-state index in [1.165, 1.54) is 0 Å². The van der Waals surface area contributed by atoms with Crippen LogP contribution in [0.3, 0.4) is 0 Å². The van der Waals surface area contributed by atoms with Gasteiger partial charge in [0, 0.05) is 13.2 Å². The minimum atomic E-state index is 0. The number of methoxy groups -OCH3 is 1. The monoisotopic (exact) mass is 139 g/mol. The summed E-state index contributed by atoms with van der Waals surface area (Å²) in [4.78, 5) is 0. The summed E-state index contributed by atoms with van der Waals surface area (Å²) in [7, 11) is 3.62. The van der Waals surface area contributed by atoms with Crippen LogP contribution in [0.5, 0.6) is 0 Å². The van der Waals surface area contributed by atoms with Crippen LogP contribution in [0.1, 0.15) is 6.92 Å². The van der Waals surface area contributed by atoms with Crippen LogP contribution in [0.2, 0.25) is 0 Å². The Labute approximate surface area is 57.0 Å². The second-order valence-corrected chi connectivity index (χ2v) is 1.65. The first-order chi connectivity index (χ1) is 3.31. The number of ether oxygens (including phenoxy) is 1. The van der Waals surface area contributed by atoms with Crippen molar-refractivity contribution >= 4 is 12.4 Å². The van der Waals surface area contributed by atoms with Crippen LogP contribution in [0.4, 0.5) is 0 Å². The highest BCUT2D eigenvalue weighted by Gasteiger charge is 1.91. The molecular weight excluding hydrogens is 126 g/mol. The van der Waals surface area contributed by atoms with Crippen LogP contribution in [-0.4, -0.2) is 26.8 Å². The average molecular weight is 140 g/mol. The molecular formula is C5H14ClNO. The molecule has 0 fully saturated rings. The molecule has 0 bridgehead atoms. The van der Waals surface area contributed by atoms with Gasteiger partial charge in [-0.25, -0.2) is 0 Å². The van der Waals surface area contributed by atoms with E-state index in [9.17, 15) is 0 Å². The van der Waals surface area contributed by atoms with Gasteiger partial charge in [-0.3, -0.25) is 0 Å². The molecule has 0 aliphatic carbocycles. The van der Waals surface area contributed by atoms with Crippen molar-refractivity contribution in [2.24, 2.45) is 0 Å². The summed E-state index contributed by atoms with van der Waals surface area (Å²) in [5, 5.41) is 3.04. The van der Waals surface area contributed by atoms with Crippen molar-refractivity contribution in [1.29, 1.82) is 0 Å². The van der Waals surface area contributed by atoms with Gasteiger partial charge in [0.1, 0.15) is 0 Å². The van der Waals surface area contributed by atoms with Crippen LogP contribution in [-0.2, 0) is 4.74 Å². The van der Waals surface area contributed by atoms with Crippen LogP contribution < -0.4 is 5.32 Å². The molecule has 0 aromatic carbocycles. The summed E-state index contributed by atoms with van der Waals surface area (Å²) >= 11 is 0. The number of hydrogen-bond acceptors (Lipinski definition) is 2. The summed E-state index contributed by atoms with van der Waals surface area (Å²) in [6.07, 6.45) is 0. The van der Waals surface area contributed by atoms with Gasteiger partial charge in [0.05, 0.1) is 6.61 Å². The van der Waals surface area contributed by atoms with Crippen LogP contribution in [0.25, 0.3) is 0 Å². The molecule has 0 rings (SSSR count). The lowest BCUT2D eigenvalue weighted by molar-refractivity contribution is 0.175. The number of rotatable bonds is 3. The van der Waals surface area contributed by atoms with Gasteiger partial charge < -0.3 is 10.1 Å². The lowest BCUT2D eigenvalue weighted by atomic mass is 10.4. The van der Waals surface area contributed by atoms with E-state index in [0.29, 0.717) is 6.04 Å². The highest BCUT2D eigenvalue weighted by Crippen LogP contribution is 1.76. The molecule has 0 amide bonds. The lowest BCUT2D eigenvalue weighted by Crippen LogP contribution is -2.25. The Morgan fingerprint density at radius 3 is 2.25 bits per heavy atom. The third kappa shape index (κ3) is 6.21. The summed E-state index contributed by atoms with van der Waals surface area (Å²) in [6, 6.07) is 0.477. The van der Waals surface area contributed by atoms with Crippen molar-refractivity contribution < 1.29 is 4.74 Å². The lowest BCUT2D eigenvalue weighted by Gasteiger charge is -2.05. The van der Waals surface area contributed by atoms with E-state index in [0.717, 1.165) is 6.61 Å². The molecule has 2 nitrogen and oxygen atoms in total. The fraction of sp³-hybridized carbons (Fsp3) is 1.00. The second-order valence-electron chi connectivity index (χ2n) is 1.65. The van der Waals surface area contributed by atoms with E-state index in [-0.39, 0.29) is 12.4 Å². The molecule has 52 valence electrons. The van der Waals surface area contributed by atoms with Gasteiger partial charge in [-0.05, 0) is 14.0 Å². The molecule has 3 heteroatoms. The van der Waals surface area contributed by atoms with E-state index in [1.807, 2.05) is 7.05 Å². The topological polar surface area (TPSA) is 21.3 Å². The zero-order chi connectivity index (χ0) is 5.70. The van der Waals surface area contributed by atoms with Crippen LogP contribution in [0, 0.1) is 0 Å². The van der Waals surface area contributed by atoms with Crippen molar-refractivity contribution in [3.8, 4) is 0 Å². The Morgan fingerprint density at radius 2 is 2.12 bits per heavy atom. The molecule has 1 N–H and O–H groups in total. The molecule has 0 saturated carbocycles. The molecule has 1 atom stereocenters. The van der Waals surface area contributed by atoms with Crippen LogP contribution >= 0.6 is 12.4 Å².